The Morgan fingerprint density at radius 2 is 1.96 bits per heavy atom. The summed E-state index contributed by atoms with van der Waals surface area (Å²) in [6.45, 7) is 2.02. The van der Waals surface area contributed by atoms with Gasteiger partial charge in [-0.2, -0.15) is 0 Å². The van der Waals surface area contributed by atoms with Gasteiger partial charge in [-0.1, -0.05) is 12.1 Å². The molecule has 0 unspecified atom stereocenters. The molecule has 1 amide bonds. The lowest BCUT2D eigenvalue weighted by atomic mass is 10.1. The maximum absolute atomic E-state index is 11.3. The molecule has 0 radical (unpaired) electrons. The highest BCUT2D eigenvalue weighted by Crippen LogP contribution is 2.34. The van der Waals surface area contributed by atoms with Crippen molar-refractivity contribution >= 4 is 35.7 Å². The van der Waals surface area contributed by atoms with E-state index in [1.165, 1.54) is 0 Å². The first-order valence-electron chi connectivity index (χ1n) is 8.32. The number of hydrogen-bond acceptors (Lipinski definition) is 5. The van der Waals surface area contributed by atoms with Crippen molar-refractivity contribution in [2.45, 2.75) is 11.8 Å². The third kappa shape index (κ3) is 3.24. The van der Waals surface area contributed by atoms with Crippen molar-refractivity contribution in [3.63, 3.8) is 0 Å². The van der Waals surface area contributed by atoms with E-state index in [0.29, 0.717) is 5.56 Å². The van der Waals surface area contributed by atoms with Gasteiger partial charge in [0.15, 0.2) is 5.65 Å². The number of anilines is 2. The van der Waals surface area contributed by atoms with Crippen molar-refractivity contribution in [2.24, 2.45) is 5.73 Å². The lowest BCUT2D eigenvalue weighted by molar-refractivity contribution is 0.100. The average molecular weight is 375 g/mol. The number of nitrogens with two attached hydrogens (primary N) is 1. The maximum Gasteiger partial charge on any atom is 0.248 e. The van der Waals surface area contributed by atoms with Gasteiger partial charge in [-0.15, -0.1) is 12.6 Å². The highest BCUT2D eigenvalue weighted by molar-refractivity contribution is 7.80. The molecule has 4 aromatic rings. The van der Waals surface area contributed by atoms with Gasteiger partial charge in [-0.05, 0) is 42.8 Å². The van der Waals surface area contributed by atoms with Crippen LogP contribution in [0.4, 0.5) is 11.5 Å². The zero-order valence-electron chi connectivity index (χ0n) is 14.5. The number of hydrogen-bond donors (Lipinski definition) is 3. The first-order valence-corrected chi connectivity index (χ1v) is 8.76. The molecule has 27 heavy (non-hydrogen) atoms. The Labute approximate surface area is 161 Å². The zero-order chi connectivity index (χ0) is 19.0. The highest BCUT2D eigenvalue weighted by atomic mass is 32.1. The molecule has 0 atom stereocenters. The first kappa shape index (κ1) is 17.1. The summed E-state index contributed by atoms with van der Waals surface area (Å²) >= 11 is 4.63. The van der Waals surface area contributed by atoms with Crippen molar-refractivity contribution in [3.8, 4) is 11.3 Å². The number of carbonyl (C=O) groups excluding carboxylic acids is 1. The molecule has 0 fully saturated rings. The van der Waals surface area contributed by atoms with Gasteiger partial charge < -0.3 is 11.1 Å². The minimum absolute atomic E-state index is 0.456. The van der Waals surface area contributed by atoms with E-state index in [4.69, 9.17) is 10.7 Å². The Kier molecular flexibility index (Phi) is 4.29. The second-order valence-corrected chi connectivity index (χ2v) is 6.68. The number of amides is 1. The lowest BCUT2D eigenvalue weighted by Crippen LogP contribution is -2.10. The minimum atomic E-state index is -0.456. The standard InChI is InChI=1S/C20H17N5OS/c1-12-2-7-15(16(27)10-12)18-20(25-9-8-22-11-17(25)24-18)23-14-5-3-13(4-6-14)19(21)26/h2-11,23,27H,1H3,(H2,21,26). The molecule has 0 aliphatic rings. The van der Waals surface area contributed by atoms with Crippen LogP contribution in [0.15, 0.2) is 66.0 Å². The highest BCUT2D eigenvalue weighted by Gasteiger charge is 2.16. The van der Waals surface area contributed by atoms with Gasteiger partial charge in [0.05, 0.1) is 6.20 Å². The Morgan fingerprint density at radius 3 is 2.67 bits per heavy atom. The van der Waals surface area contributed by atoms with Crippen LogP contribution in [0.3, 0.4) is 0 Å². The number of nitrogens with zero attached hydrogens (tertiary/aromatic N) is 3. The first-order chi connectivity index (χ1) is 13.0. The van der Waals surface area contributed by atoms with Crippen LogP contribution < -0.4 is 11.1 Å². The summed E-state index contributed by atoms with van der Waals surface area (Å²) in [5.74, 6) is 0.334. The van der Waals surface area contributed by atoms with Crippen LogP contribution in [0.1, 0.15) is 15.9 Å². The largest absolute Gasteiger partial charge is 0.366 e. The third-order valence-corrected chi connectivity index (χ3v) is 4.64. The summed E-state index contributed by atoms with van der Waals surface area (Å²) in [6.07, 6.45) is 5.26. The van der Waals surface area contributed by atoms with Crippen molar-refractivity contribution < 1.29 is 4.79 Å². The van der Waals surface area contributed by atoms with Crippen molar-refractivity contribution in [1.82, 2.24) is 14.4 Å². The molecule has 0 aliphatic heterocycles. The van der Waals surface area contributed by atoms with E-state index in [1.54, 1.807) is 36.7 Å². The minimum Gasteiger partial charge on any atom is -0.366 e. The van der Waals surface area contributed by atoms with Crippen LogP contribution in [0.2, 0.25) is 0 Å². The van der Waals surface area contributed by atoms with Crippen LogP contribution in [0, 0.1) is 6.92 Å². The topological polar surface area (TPSA) is 85.3 Å². The molecule has 7 heteroatoms. The molecule has 2 heterocycles. The van der Waals surface area contributed by atoms with Gasteiger partial charge in [0, 0.05) is 34.1 Å². The summed E-state index contributed by atoms with van der Waals surface area (Å²) in [5.41, 5.74) is 10.1. The molecule has 134 valence electrons. The predicted molar refractivity (Wildman–Crippen MR) is 109 cm³/mol. The van der Waals surface area contributed by atoms with Crippen LogP contribution in [-0.4, -0.2) is 20.3 Å². The summed E-state index contributed by atoms with van der Waals surface area (Å²) < 4.78 is 1.93. The number of aromatic nitrogens is 3. The quantitative estimate of drug-likeness (QED) is 0.473. The summed E-state index contributed by atoms with van der Waals surface area (Å²) in [4.78, 5) is 21.0. The van der Waals surface area contributed by atoms with Gasteiger partial charge >= 0.3 is 0 Å². The van der Waals surface area contributed by atoms with Crippen molar-refractivity contribution in [1.29, 1.82) is 0 Å². The Balaban J connectivity index is 1.84. The molecule has 6 nitrogen and oxygen atoms in total. The number of aryl methyl sites for hydroxylation is 1. The molecule has 0 aliphatic carbocycles. The van der Waals surface area contributed by atoms with Gasteiger partial charge in [0.2, 0.25) is 5.91 Å². The zero-order valence-corrected chi connectivity index (χ0v) is 15.4. The lowest BCUT2D eigenvalue weighted by Gasteiger charge is -2.11. The number of imidazole rings is 1. The van der Waals surface area contributed by atoms with E-state index in [1.807, 2.05) is 35.7 Å². The molecular weight excluding hydrogens is 358 g/mol. The van der Waals surface area contributed by atoms with E-state index in [-0.39, 0.29) is 0 Å². The number of nitrogens with one attached hydrogen (secondary N) is 1. The molecule has 4 rings (SSSR count). The summed E-state index contributed by atoms with van der Waals surface area (Å²) in [6, 6.07) is 13.0. The summed E-state index contributed by atoms with van der Waals surface area (Å²) in [5, 5.41) is 3.39. The number of fused-ring (bicyclic) bond motifs is 1. The Hall–Kier alpha value is -3.32. The van der Waals surface area contributed by atoms with Crippen molar-refractivity contribution in [2.75, 3.05) is 5.32 Å². The predicted octanol–water partition coefficient (Wildman–Crippen LogP) is 3.84. The van der Waals surface area contributed by atoms with Gasteiger partial charge in [-0.3, -0.25) is 14.2 Å². The van der Waals surface area contributed by atoms with Crippen LogP contribution in [0.5, 0.6) is 0 Å². The molecule has 2 aromatic carbocycles. The number of rotatable bonds is 4. The molecule has 2 aromatic heterocycles. The fourth-order valence-corrected chi connectivity index (χ4v) is 3.29. The molecule has 0 spiro atoms. The van der Waals surface area contributed by atoms with E-state index in [9.17, 15) is 4.79 Å². The molecular formula is C20H17N5OS. The Bertz CT molecular complexity index is 1150. The van der Waals surface area contributed by atoms with Gasteiger partial charge in [0.1, 0.15) is 11.5 Å². The van der Waals surface area contributed by atoms with Crippen molar-refractivity contribution in [3.05, 3.63) is 72.2 Å². The average Bonchev–Trinajstić information content (AvgIpc) is 3.00. The van der Waals surface area contributed by atoms with Gasteiger partial charge in [0.25, 0.3) is 0 Å². The van der Waals surface area contributed by atoms with Crippen LogP contribution >= 0.6 is 12.6 Å². The van der Waals surface area contributed by atoms with E-state index < -0.39 is 5.91 Å². The normalized spacial score (nSPS) is 10.9. The fraction of sp³-hybridized carbons (Fsp3) is 0.0500. The molecule has 0 saturated heterocycles. The van der Waals surface area contributed by atoms with E-state index >= 15 is 0 Å². The number of primary amides is 1. The molecule has 0 bridgehead atoms. The molecule has 3 N–H and O–H groups in total. The number of carbonyl (C=O) groups is 1. The molecule has 0 saturated carbocycles. The van der Waals surface area contributed by atoms with Crippen LogP contribution in [-0.2, 0) is 0 Å². The summed E-state index contributed by atoms with van der Waals surface area (Å²) in [7, 11) is 0. The van der Waals surface area contributed by atoms with Crippen LogP contribution in [0.25, 0.3) is 16.9 Å². The second-order valence-electron chi connectivity index (χ2n) is 6.20. The number of thiol groups is 1. The smallest absolute Gasteiger partial charge is 0.248 e. The maximum atomic E-state index is 11.3. The fourth-order valence-electron chi connectivity index (χ4n) is 2.91. The van der Waals surface area contributed by atoms with E-state index in [0.717, 1.165) is 38.9 Å². The third-order valence-electron chi connectivity index (χ3n) is 4.27. The Morgan fingerprint density at radius 1 is 1.19 bits per heavy atom. The van der Waals surface area contributed by atoms with Gasteiger partial charge in [-0.25, -0.2) is 4.98 Å². The second kappa shape index (κ2) is 6.77. The SMILES string of the molecule is Cc1ccc(-c2nc3cnccn3c2Nc2ccc(C(N)=O)cc2)c(S)c1. The monoisotopic (exact) mass is 375 g/mol. The number of benzene rings is 2. The van der Waals surface area contributed by atoms with E-state index in [2.05, 4.69) is 22.9 Å².